The number of nitriles is 1. The highest BCUT2D eigenvalue weighted by molar-refractivity contribution is 9.10. The van der Waals surface area contributed by atoms with Gasteiger partial charge < -0.3 is 4.90 Å². The van der Waals surface area contributed by atoms with Gasteiger partial charge in [-0.05, 0) is 48.0 Å². The lowest BCUT2D eigenvalue weighted by atomic mass is 10.1. The van der Waals surface area contributed by atoms with Crippen molar-refractivity contribution >= 4 is 33.4 Å². The van der Waals surface area contributed by atoms with E-state index in [1.807, 2.05) is 13.8 Å². The van der Waals surface area contributed by atoms with Gasteiger partial charge in [0.2, 0.25) is 0 Å². The monoisotopic (exact) mass is 328 g/mol. The zero-order chi connectivity index (χ0) is 13.7. The van der Waals surface area contributed by atoms with Gasteiger partial charge in [-0.15, -0.1) is 0 Å². The molecular formula is C13H14BrClN2O. The molecule has 1 aromatic rings. The molecule has 0 bridgehead atoms. The lowest BCUT2D eigenvalue weighted by molar-refractivity contribution is 0.0709. The fourth-order valence-electron chi connectivity index (χ4n) is 1.58. The van der Waals surface area contributed by atoms with E-state index in [4.69, 9.17) is 16.9 Å². The minimum Gasteiger partial charge on any atom is -0.335 e. The summed E-state index contributed by atoms with van der Waals surface area (Å²) in [5, 5.41) is 9.15. The third-order valence-corrected chi connectivity index (χ3v) is 3.43. The molecule has 0 aliphatic heterocycles. The Hall–Kier alpha value is -1.05. The molecule has 1 rings (SSSR count). The number of halogens is 2. The number of amides is 1. The number of hydrogen-bond acceptors (Lipinski definition) is 2. The number of benzene rings is 1. The maximum Gasteiger partial charge on any atom is 0.255 e. The molecule has 0 saturated heterocycles. The average Bonchev–Trinajstić information content (AvgIpc) is 2.32. The van der Waals surface area contributed by atoms with Crippen LogP contribution in [0.5, 0.6) is 0 Å². The van der Waals surface area contributed by atoms with Crippen molar-refractivity contribution in [2.75, 3.05) is 6.54 Å². The third-order valence-electron chi connectivity index (χ3n) is 2.51. The Labute approximate surface area is 120 Å². The molecular weight excluding hydrogens is 316 g/mol. The fourth-order valence-corrected chi connectivity index (χ4v) is 2.17. The van der Waals surface area contributed by atoms with Gasteiger partial charge in [0.25, 0.3) is 5.91 Å². The predicted octanol–water partition coefficient (Wildman–Crippen LogP) is 3.87. The summed E-state index contributed by atoms with van der Waals surface area (Å²) in [7, 11) is 0. The van der Waals surface area contributed by atoms with Gasteiger partial charge >= 0.3 is 0 Å². The van der Waals surface area contributed by atoms with Crippen molar-refractivity contribution in [1.29, 1.82) is 5.26 Å². The molecule has 0 fully saturated rings. The van der Waals surface area contributed by atoms with Crippen molar-refractivity contribution in [1.82, 2.24) is 4.90 Å². The Morgan fingerprint density at radius 1 is 1.56 bits per heavy atom. The fraction of sp³-hybridized carbons (Fsp3) is 0.385. The molecule has 1 amide bonds. The number of nitrogens with zero attached hydrogens (tertiary/aromatic N) is 2. The summed E-state index contributed by atoms with van der Waals surface area (Å²) < 4.78 is 0.708. The molecule has 0 saturated carbocycles. The quantitative estimate of drug-likeness (QED) is 0.841. The number of hydrogen-bond donors (Lipinski definition) is 0. The molecule has 96 valence electrons. The van der Waals surface area contributed by atoms with Crippen LogP contribution in [0.3, 0.4) is 0 Å². The second kappa shape index (κ2) is 6.77. The molecule has 0 aromatic heterocycles. The predicted molar refractivity (Wildman–Crippen MR) is 75.6 cm³/mol. The van der Waals surface area contributed by atoms with E-state index in [0.29, 0.717) is 28.0 Å². The molecule has 0 aliphatic rings. The van der Waals surface area contributed by atoms with Gasteiger partial charge in [-0.3, -0.25) is 4.79 Å². The van der Waals surface area contributed by atoms with Crippen molar-refractivity contribution in [2.45, 2.75) is 26.3 Å². The van der Waals surface area contributed by atoms with Crippen LogP contribution in [0.15, 0.2) is 22.7 Å². The van der Waals surface area contributed by atoms with Crippen LogP contribution in [0.1, 0.15) is 30.6 Å². The largest absolute Gasteiger partial charge is 0.335 e. The first kappa shape index (κ1) is 15.0. The maximum atomic E-state index is 12.4. The van der Waals surface area contributed by atoms with Crippen LogP contribution < -0.4 is 0 Å². The Morgan fingerprint density at radius 2 is 2.22 bits per heavy atom. The Bertz CT molecular complexity index is 482. The lowest BCUT2D eigenvalue weighted by Gasteiger charge is -2.26. The molecule has 0 atom stereocenters. The first-order valence-corrected chi connectivity index (χ1v) is 6.77. The second-order valence-electron chi connectivity index (χ2n) is 4.12. The van der Waals surface area contributed by atoms with E-state index >= 15 is 0 Å². The van der Waals surface area contributed by atoms with Gasteiger partial charge in [-0.1, -0.05) is 11.6 Å². The van der Waals surface area contributed by atoms with Crippen LogP contribution >= 0.6 is 27.5 Å². The highest BCUT2D eigenvalue weighted by atomic mass is 79.9. The van der Waals surface area contributed by atoms with Crippen LogP contribution in [0.2, 0.25) is 5.02 Å². The Kier molecular flexibility index (Phi) is 5.64. The number of carbonyl (C=O) groups excluding carboxylic acids is 1. The molecule has 0 unspecified atom stereocenters. The smallest absolute Gasteiger partial charge is 0.255 e. The number of rotatable bonds is 4. The maximum absolute atomic E-state index is 12.4. The van der Waals surface area contributed by atoms with Gasteiger partial charge in [0, 0.05) is 22.1 Å². The van der Waals surface area contributed by atoms with Crippen molar-refractivity contribution in [3.8, 4) is 6.07 Å². The van der Waals surface area contributed by atoms with Gasteiger partial charge in [0.15, 0.2) is 0 Å². The summed E-state index contributed by atoms with van der Waals surface area (Å²) in [4.78, 5) is 14.1. The van der Waals surface area contributed by atoms with Crippen molar-refractivity contribution in [3.05, 3.63) is 33.3 Å². The molecule has 0 heterocycles. The Balaban J connectivity index is 3.02. The molecule has 0 radical (unpaired) electrons. The minimum absolute atomic E-state index is 0.0386. The van der Waals surface area contributed by atoms with E-state index in [1.165, 1.54) is 0 Å². The van der Waals surface area contributed by atoms with Crippen molar-refractivity contribution in [3.63, 3.8) is 0 Å². The van der Waals surface area contributed by atoms with Gasteiger partial charge in [0.05, 0.1) is 18.1 Å². The number of carbonyl (C=O) groups is 1. The van der Waals surface area contributed by atoms with E-state index in [9.17, 15) is 4.79 Å². The summed E-state index contributed by atoms with van der Waals surface area (Å²) in [6.07, 6.45) is 0.322. The Morgan fingerprint density at radius 3 is 2.78 bits per heavy atom. The van der Waals surface area contributed by atoms with Crippen molar-refractivity contribution < 1.29 is 4.79 Å². The topological polar surface area (TPSA) is 44.1 Å². The summed E-state index contributed by atoms with van der Waals surface area (Å²) in [6.45, 7) is 4.27. The van der Waals surface area contributed by atoms with Gasteiger partial charge in [0.1, 0.15) is 0 Å². The van der Waals surface area contributed by atoms with E-state index in [1.54, 1.807) is 23.1 Å². The SMILES string of the molecule is CC(C)N(CCC#N)C(=O)c1cc(Cl)ccc1Br. The normalized spacial score (nSPS) is 10.2. The molecule has 3 nitrogen and oxygen atoms in total. The van der Waals surface area contributed by atoms with Gasteiger partial charge in [-0.2, -0.15) is 5.26 Å². The second-order valence-corrected chi connectivity index (χ2v) is 5.42. The average molecular weight is 330 g/mol. The summed E-state index contributed by atoms with van der Waals surface area (Å²) in [6, 6.07) is 7.20. The molecule has 5 heteroatoms. The summed E-state index contributed by atoms with van der Waals surface area (Å²) >= 11 is 9.25. The third kappa shape index (κ3) is 3.72. The van der Waals surface area contributed by atoms with Crippen LogP contribution in [-0.2, 0) is 0 Å². The molecule has 0 spiro atoms. The van der Waals surface area contributed by atoms with Crippen LogP contribution in [0.4, 0.5) is 0 Å². The van der Waals surface area contributed by atoms with Gasteiger partial charge in [-0.25, -0.2) is 0 Å². The summed E-state index contributed by atoms with van der Waals surface area (Å²) in [5.41, 5.74) is 0.522. The molecule has 0 N–H and O–H groups in total. The highest BCUT2D eigenvalue weighted by Crippen LogP contribution is 2.23. The van der Waals surface area contributed by atoms with Crippen molar-refractivity contribution in [2.24, 2.45) is 0 Å². The van der Waals surface area contributed by atoms with Crippen LogP contribution in [0.25, 0.3) is 0 Å². The molecule has 18 heavy (non-hydrogen) atoms. The zero-order valence-corrected chi connectivity index (χ0v) is 12.6. The van der Waals surface area contributed by atoms with Crippen LogP contribution in [0, 0.1) is 11.3 Å². The van der Waals surface area contributed by atoms with E-state index in [2.05, 4.69) is 22.0 Å². The zero-order valence-electron chi connectivity index (χ0n) is 10.3. The first-order chi connectivity index (χ1) is 8.47. The lowest BCUT2D eigenvalue weighted by Crippen LogP contribution is -2.37. The minimum atomic E-state index is -0.116. The van der Waals surface area contributed by atoms with Crippen LogP contribution in [-0.4, -0.2) is 23.4 Å². The van der Waals surface area contributed by atoms with E-state index in [0.717, 1.165) is 0 Å². The standard InChI is InChI=1S/C13H14BrClN2O/c1-9(2)17(7-3-6-16)13(18)11-8-10(15)4-5-12(11)14/h4-5,8-9H,3,7H2,1-2H3. The first-order valence-electron chi connectivity index (χ1n) is 5.60. The molecule has 1 aromatic carbocycles. The van der Waals surface area contributed by atoms with E-state index in [-0.39, 0.29) is 11.9 Å². The van der Waals surface area contributed by atoms with E-state index < -0.39 is 0 Å². The highest BCUT2D eigenvalue weighted by Gasteiger charge is 2.20. The summed E-state index contributed by atoms with van der Waals surface area (Å²) in [5.74, 6) is -0.116. The molecule has 0 aliphatic carbocycles.